The van der Waals surface area contributed by atoms with Crippen molar-refractivity contribution >= 4 is 35.0 Å². The lowest BCUT2D eigenvalue weighted by Gasteiger charge is -2.25. The Kier molecular flexibility index (Phi) is 6.70. The minimum absolute atomic E-state index is 0.0242. The number of nitrogens with one attached hydrogen (secondary N) is 1. The molecule has 6 nitrogen and oxygen atoms in total. The number of carbonyl (C=O) groups excluding carboxylic acids is 2. The van der Waals surface area contributed by atoms with Gasteiger partial charge in [-0.1, -0.05) is 38.8 Å². The van der Waals surface area contributed by atoms with Gasteiger partial charge in [0.05, 0.1) is 5.75 Å². The summed E-state index contributed by atoms with van der Waals surface area (Å²) in [5, 5.41) is 2.92. The van der Waals surface area contributed by atoms with Crippen LogP contribution in [0, 0.1) is 5.92 Å². The Morgan fingerprint density at radius 2 is 2.03 bits per heavy atom. The van der Waals surface area contributed by atoms with Crippen LogP contribution in [0.1, 0.15) is 50.5 Å². The van der Waals surface area contributed by atoms with Gasteiger partial charge in [-0.2, -0.15) is 0 Å². The molecule has 1 fully saturated rings. The summed E-state index contributed by atoms with van der Waals surface area (Å²) in [4.78, 5) is 27.2. The average Bonchev–Trinajstić information content (AvgIpc) is 3.40. The maximum absolute atomic E-state index is 12.7. The lowest BCUT2D eigenvalue weighted by molar-refractivity contribution is -0.120. The molecular formula is C24H28N2O4S. The van der Waals surface area contributed by atoms with E-state index in [4.69, 9.17) is 9.47 Å². The summed E-state index contributed by atoms with van der Waals surface area (Å²) in [6, 6.07) is 13.4. The number of nitrogens with zero attached hydrogens (tertiary/aromatic N) is 1. The molecule has 2 aromatic carbocycles. The first-order chi connectivity index (χ1) is 15.1. The predicted octanol–water partition coefficient (Wildman–Crippen LogP) is 5.35. The van der Waals surface area contributed by atoms with Crippen LogP contribution in [0.3, 0.4) is 0 Å². The number of hydrogen-bond acceptors (Lipinski definition) is 5. The van der Waals surface area contributed by atoms with Crippen molar-refractivity contribution in [3.05, 3.63) is 48.0 Å². The van der Waals surface area contributed by atoms with Gasteiger partial charge in [-0.15, -0.1) is 11.8 Å². The van der Waals surface area contributed by atoms with E-state index in [-0.39, 0.29) is 29.9 Å². The van der Waals surface area contributed by atoms with Gasteiger partial charge in [-0.25, -0.2) is 0 Å². The normalized spacial score (nSPS) is 18.3. The maximum Gasteiger partial charge on any atom is 0.238 e. The highest BCUT2D eigenvalue weighted by molar-refractivity contribution is 8.00. The van der Waals surface area contributed by atoms with Crippen molar-refractivity contribution in [2.75, 3.05) is 22.8 Å². The Labute approximate surface area is 187 Å². The molecule has 4 rings (SSSR count). The van der Waals surface area contributed by atoms with E-state index in [9.17, 15) is 9.59 Å². The number of hydrogen-bond donors (Lipinski definition) is 1. The smallest absolute Gasteiger partial charge is 0.238 e. The Morgan fingerprint density at radius 1 is 1.19 bits per heavy atom. The Balaban J connectivity index is 1.53. The summed E-state index contributed by atoms with van der Waals surface area (Å²) < 4.78 is 10.9. The fourth-order valence-corrected chi connectivity index (χ4v) is 5.14. The van der Waals surface area contributed by atoms with Gasteiger partial charge in [0.1, 0.15) is 5.37 Å². The van der Waals surface area contributed by atoms with Crippen LogP contribution in [0.5, 0.6) is 11.5 Å². The molecule has 0 bridgehead atoms. The number of carbonyl (C=O) groups is 2. The molecule has 2 aromatic rings. The number of anilines is 2. The minimum Gasteiger partial charge on any atom is -0.454 e. The molecule has 0 unspecified atom stereocenters. The van der Waals surface area contributed by atoms with Gasteiger partial charge in [-0.05, 0) is 42.7 Å². The zero-order chi connectivity index (χ0) is 21.8. The van der Waals surface area contributed by atoms with Crippen molar-refractivity contribution < 1.29 is 19.1 Å². The highest BCUT2D eigenvalue weighted by atomic mass is 32.2. The zero-order valence-corrected chi connectivity index (χ0v) is 18.7. The molecule has 7 heteroatoms. The van der Waals surface area contributed by atoms with Crippen molar-refractivity contribution in [1.82, 2.24) is 0 Å². The summed E-state index contributed by atoms with van der Waals surface area (Å²) in [5.74, 6) is 1.89. The number of ether oxygens (including phenoxy) is 2. The molecule has 0 aliphatic carbocycles. The van der Waals surface area contributed by atoms with Crippen LogP contribution >= 0.6 is 11.8 Å². The van der Waals surface area contributed by atoms with Crippen LogP contribution in [0.4, 0.5) is 11.4 Å². The van der Waals surface area contributed by atoms with E-state index in [1.807, 2.05) is 42.5 Å². The van der Waals surface area contributed by atoms with Crippen LogP contribution < -0.4 is 19.7 Å². The number of benzene rings is 2. The third-order valence-corrected chi connectivity index (χ3v) is 6.92. The van der Waals surface area contributed by atoms with Crippen molar-refractivity contribution in [1.29, 1.82) is 0 Å². The Hall–Kier alpha value is -2.67. The van der Waals surface area contributed by atoms with Gasteiger partial charge in [0.15, 0.2) is 11.5 Å². The molecule has 0 radical (unpaired) electrons. The largest absolute Gasteiger partial charge is 0.454 e. The third kappa shape index (κ3) is 4.66. The van der Waals surface area contributed by atoms with Crippen LogP contribution in [0.25, 0.3) is 0 Å². The second-order valence-corrected chi connectivity index (χ2v) is 8.90. The van der Waals surface area contributed by atoms with Gasteiger partial charge >= 0.3 is 0 Å². The second-order valence-electron chi connectivity index (χ2n) is 7.83. The van der Waals surface area contributed by atoms with Crippen molar-refractivity contribution in [2.24, 2.45) is 5.92 Å². The van der Waals surface area contributed by atoms with Crippen molar-refractivity contribution in [2.45, 2.75) is 44.9 Å². The first-order valence-electron chi connectivity index (χ1n) is 10.8. The van der Waals surface area contributed by atoms with Crippen molar-refractivity contribution in [3.63, 3.8) is 0 Å². The molecule has 0 aromatic heterocycles. The summed E-state index contributed by atoms with van der Waals surface area (Å²) in [5.41, 5.74) is 2.53. The van der Waals surface area contributed by atoms with Crippen LogP contribution in [0.2, 0.25) is 0 Å². The van der Waals surface area contributed by atoms with Gasteiger partial charge in [-0.3, -0.25) is 14.5 Å². The highest BCUT2D eigenvalue weighted by Crippen LogP contribution is 2.45. The Morgan fingerprint density at radius 3 is 2.84 bits per heavy atom. The van der Waals surface area contributed by atoms with Gasteiger partial charge in [0.2, 0.25) is 18.6 Å². The fourth-order valence-electron chi connectivity index (χ4n) is 3.97. The molecule has 2 heterocycles. The molecule has 164 valence electrons. The van der Waals surface area contributed by atoms with E-state index in [1.54, 1.807) is 16.7 Å². The summed E-state index contributed by atoms with van der Waals surface area (Å²) >= 11 is 1.58. The lowest BCUT2D eigenvalue weighted by atomic mass is 9.98. The molecule has 2 atom stereocenters. The molecule has 1 N–H and O–H groups in total. The molecule has 2 amide bonds. The van der Waals surface area contributed by atoms with Crippen LogP contribution in [-0.4, -0.2) is 24.4 Å². The number of rotatable bonds is 8. The monoisotopic (exact) mass is 440 g/mol. The highest BCUT2D eigenvalue weighted by Gasteiger charge is 2.35. The molecule has 1 saturated heterocycles. The molecule has 2 aliphatic heterocycles. The lowest BCUT2D eigenvalue weighted by Crippen LogP contribution is -2.28. The van der Waals surface area contributed by atoms with E-state index in [2.05, 4.69) is 19.2 Å². The topological polar surface area (TPSA) is 67.9 Å². The molecule has 0 spiro atoms. The van der Waals surface area contributed by atoms with Gasteiger partial charge in [0.25, 0.3) is 0 Å². The standard InChI is InChI=1S/C24H28N2O4S/c1-3-5-7-16(4-2)23(28)25-18-9-6-8-17(12-18)24-26(22(27)14-31-24)19-10-11-20-21(13-19)30-15-29-20/h6,8-13,16,24H,3-5,7,14-15H2,1-2H3,(H,25,28)/t16-,24+/m1/s1. The summed E-state index contributed by atoms with van der Waals surface area (Å²) in [6.45, 7) is 4.39. The van der Waals surface area contributed by atoms with E-state index in [1.165, 1.54) is 0 Å². The van der Waals surface area contributed by atoms with Gasteiger partial charge < -0.3 is 14.8 Å². The number of fused-ring (bicyclic) bond motifs is 1. The van der Waals surface area contributed by atoms with Crippen LogP contribution in [0.15, 0.2) is 42.5 Å². The van der Waals surface area contributed by atoms with Gasteiger partial charge in [0, 0.05) is 23.4 Å². The number of unbranched alkanes of at least 4 members (excludes halogenated alkanes) is 1. The SMILES string of the molecule is CCCC[C@@H](CC)C(=O)Nc1cccc([C@@H]2SCC(=O)N2c2ccc3c(c2)OCO3)c1. The van der Waals surface area contributed by atoms with E-state index in [0.717, 1.165) is 42.6 Å². The number of thioether (sulfide) groups is 1. The maximum atomic E-state index is 12.7. The van der Waals surface area contributed by atoms with Crippen LogP contribution in [-0.2, 0) is 9.59 Å². The zero-order valence-electron chi connectivity index (χ0n) is 17.9. The average molecular weight is 441 g/mol. The summed E-state index contributed by atoms with van der Waals surface area (Å²) in [6.07, 6.45) is 3.87. The minimum atomic E-state index is -0.160. The van der Waals surface area contributed by atoms with E-state index < -0.39 is 0 Å². The van der Waals surface area contributed by atoms with E-state index in [0.29, 0.717) is 17.3 Å². The quantitative estimate of drug-likeness (QED) is 0.599. The van der Waals surface area contributed by atoms with Crippen molar-refractivity contribution in [3.8, 4) is 11.5 Å². The first-order valence-corrected chi connectivity index (χ1v) is 11.9. The fraction of sp³-hybridized carbons (Fsp3) is 0.417. The molecule has 31 heavy (non-hydrogen) atoms. The number of amides is 2. The predicted molar refractivity (Wildman–Crippen MR) is 124 cm³/mol. The molecule has 0 saturated carbocycles. The molecule has 2 aliphatic rings. The Bertz CT molecular complexity index is 964. The summed E-state index contributed by atoms with van der Waals surface area (Å²) in [7, 11) is 0. The second kappa shape index (κ2) is 9.64. The molecular weight excluding hydrogens is 412 g/mol. The third-order valence-electron chi connectivity index (χ3n) is 5.71. The first kappa shape index (κ1) is 21.6. The van der Waals surface area contributed by atoms with E-state index >= 15 is 0 Å².